The number of nitrogens with zero attached hydrogens (tertiary/aromatic N) is 1. The van der Waals surface area contributed by atoms with Crippen molar-refractivity contribution in [1.29, 1.82) is 0 Å². The minimum absolute atomic E-state index is 0.135. The molecule has 4 rings (SSSR count). The van der Waals surface area contributed by atoms with Gasteiger partial charge >= 0.3 is 0 Å². The highest BCUT2D eigenvalue weighted by atomic mass is 16.1. The number of fused-ring (bicyclic) bond motifs is 1. The molecule has 0 saturated heterocycles. The molecular formula is C12H13N5O. The third-order valence-electron chi connectivity index (χ3n) is 3.99. The molecule has 18 heavy (non-hydrogen) atoms. The van der Waals surface area contributed by atoms with Gasteiger partial charge < -0.3 is 16.5 Å². The number of nitrogen functional groups attached to an aromatic ring is 1. The molecule has 6 heteroatoms. The first-order chi connectivity index (χ1) is 8.65. The Labute approximate surface area is 102 Å². The largest absolute Gasteiger partial charge is 0.369 e. The van der Waals surface area contributed by atoms with Crippen LogP contribution in [0.1, 0.15) is 24.3 Å². The Kier molecular flexibility index (Phi) is 1.66. The van der Waals surface area contributed by atoms with Crippen LogP contribution in [0.4, 0.5) is 5.95 Å². The molecule has 0 amide bonds. The lowest BCUT2D eigenvalue weighted by atomic mass is 9.92. The maximum atomic E-state index is 12.0. The Morgan fingerprint density at radius 1 is 1.39 bits per heavy atom. The number of H-pyrrole nitrogens is 2. The molecule has 0 bridgehead atoms. The van der Waals surface area contributed by atoms with Gasteiger partial charge in [-0.2, -0.15) is 4.98 Å². The molecule has 6 nitrogen and oxygen atoms in total. The van der Waals surface area contributed by atoms with Crippen molar-refractivity contribution >= 4 is 17.0 Å². The second kappa shape index (κ2) is 3.02. The summed E-state index contributed by atoms with van der Waals surface area (Å²) in [4.78, 5) is 21.7. The summed E-state index contributed by atoms with van der Waals surface area (Å²) in [6, 6.07) is 0.163. The molecule has 2 atom stereocenters. The quantitative estimate of drug-likeness (QED) is 0.541. The van der Waals surface area contributed by atoms with Gasteiger partial charge in [0.05, 0.1) is 5.39 Å². The SMILES string of the molecule is Nc1nc2[nH]cc(C3CC(N)C4=C3C4)c2c(=O)[nH]1. The number of hydrogen-bond acceptors (Lipinski definition) is 4. The van der Waals surface area contributed by atoms with Crippen molar-refractivity contribution in [1.82, 2.24) is 15.0 Å². The monoisotopic (exact) mass is 243 g/mol. The van der Waals surface area contributed by atoms with E-state index in [2.05, 4.69) is 15.0 Å². The Morgan fingerprint density at radius 2 is 2.22 bits per heavy atom. The van der Waals surface area contributed by atoms with Crippen molar-refractivity contribution in [3.05, 3.63) is 33.3 Å². The molecule has 2 aliphatic rings. The number of anilines is 1. The van der Waals surface area contributed by atoms with E-state index in [1.165, 1.54) is 11.1 Å². The fourth-order valence-corrected chi connectivity index (χ4v) is 3.09. The maximum absolute atomic E-state index is 12.0. The molecule has 0 spiro atoms. The Balaban J connectivity index is 1.92. The van der Waals surface area contributed by atoms with Crippen LogP contribution in [-0.2, 0) is 0 Å². The van der Waals surface area contributed by atoms with Crippen LogP contribution in [-0.4, -0.2) is 21.0 Å². The van der Waals surface area contributed by atoms with Crippen LogP contribution in [0.25, 0.3) is 11.0 Å². The van der Waals surface area contributed by atoms with Crippen molar-refractivity contribution in [2.75, 3.05) is 5.73 Å². The topological polar surface area (TPSA) is 114 Å². The van der Waals surface area contributed by atoms with E-state index >= 15 is 0 Å². The van der Waals surface area contributed by atoms with Gasteiger partial charge in [0.2, 0.25) is 5.95 Å². The van der Waals surface area contributed by atoms with Gasteiger partial charge in [0, 0.05) is 18.2 Å². The first kappa shape index (κ1) is 9.90. The summed E-state index contributed by atoms with van der Waals surface area (Å²) in [5.41, 5.74) is 15.7. The van der Waals surface area contributed by atoms with E-state index in [4.69, 9.17) is 11.5 Å². The predicted octanol–water partition coefficient (Wildman–Crippen LogP) is 0.348. The number of allylic oxidation sites excluding steroid dienone is 1. The lowest BCUT2D eigenvalue weighted by Crippen LogP contribution is -2.20. The highest BCUT2D eigenvalue weighted by Gasteiger charge is 2.42. The van der Waals surface area contributed by atoms with Gasteiger partial charge in [-0.15, -0.1) is 0 Å². The van der Waals surface area contributed by atoms with E-state index in [1.807, 2.05) is 6.20 Å². The zero-order valence-electron chi connectivity index (χ0n) is 9.66. The van der Waals surface area contributed by atoms with Crippen molar-refractivity contribution in [2.45, 2.75) is 24.8 Å². The maximum Gasteiger partial charge on any atom is 0.262 e. The van der Waals surface area contributed by atoms with Crippen molar-refractivity contribution in [2.24, 2.45) is 5.73 Å². The third kappa shape index (κ3) is 1.15. The van der Waals surface area contributed by atoms with Crippen molar-refractivity contribution in [3.63, 3.8) is 0 Å². The molecule has 92 valence electrons. The molecule has 2 unspecified atom stereocenters. The predicted molar refractivity (Wildman–Crippen MR) is 68.1 cm³/mol. The van der Waals surface area contributed by atoms with E-state index in [1.54, 1.807) is 0 Å². The van der Waals surface area contributed by atoms with Crippen LogP contribution in [0.15, 0.2) is 22.1 Å². The number of hydrogen-bond donors (Lipinski definition) is 4. The van der Waals surface area contributed by atoms with Crippen LogP contribution in [0.3, 0.4) is 0 Å². The third-order valence-corrected chi connectivity index (χ3v) is 3.99. The summed E-state index contributed by atoms with van der Waals surface area (Å²) >= 11 is 0. The molecule has 0 fully saturated rings. The first-order valence-electron chi connectivity index (χ1n) is 5.99. The minimum atomic E-state index is -0.183. The lowest BCUT2D eigenvalue weighted by Gasteiger charge is -2.13. The molecule has 0 aromatic carbocycles. The second-order valence-electron chi connectivity index (χ2n) is 5.04. The summed E-state index contributed by atoms with van der Waals surface area (Å²) in [5.74, 6) is 0.408. The van der Waals surface area contributed by atoms with Crippen LogP contribution in [0.5, 0.6) is 0 Å². The van der Waals surface area contributed by atoms with E-state index < -0.39 is 0 Å². The van der Waals surface area contributed by atoms with Gasteiger partial charge in [-0.1, -0.05) is 5.57 Å². The van der Waals surface area contributed by atoms with E-state index in [0.29, 0.717) is 11.0 Å². The molecule has 0 aliphatic heterocycles. The second-order valence-corrected chi connectivity index (χ2v) is 5.04. The van der Waals surface area contributed by atoms with Crippen LogP contribution >= 0.6 is 0 Å². The Bertz CT molecular complexity index is 753. The fraction of sp³-hybridized carbons (Fsp3) is 0.333. The van der Waals surface area contributed by atoms with Gasteiger partial charge in [0.25, 0.3) is 5.56 Å². The minimum Gasteiger partial charge on any atom is -0.369 e. The number of aromatic amines is 2. The smallest absolute Gasteiger partial charge is 0.262 e. The molecule has 2 aliphatic carbocycles. The normalized spacial score (nSPS) is 25.8. The molecule has 2 heterocycles. The number of nitrogens with two attached hydrogens (primary N) is 2. The summed E-state index contributed by atoms with van der Waals surface area (Å²) in [6.45, 7) is 0. The number of aromatic nitrogens is 3. The molecule has 6 N–H and O–H groups in total. The molecule has 0 radical (unpaired) electrons. The zero-order valence-corrected chi connectivity index (χ0v) is 9.66. The van der Waals surface area contributed by atoms with E-state index in [-0.39, 0.29) is 23.5 Å². The molecule has 0 saturated carbocycles. The molecule has 2 aromatic rings. The number of rotatable bonds is 1. The number of nitrogens with one attached hydrogen (secondary N) is 2. The average molecular weight is 243 g/mol. The highest BCUT2D eigenvalue weighted by molar-refractivity contribution is 5.81. The molecular weight excluding hydrogens is 230 g/mol. The Hall–Kier alpha value is -2.08. The van der Waals surface area contributed by atoms with Crippen LogP contribution in [0, 0.1) is 0 Å². The zero-order chi connectivity index (χ0) is 12.4. The summed E-state index contributed by atoms with van der Waals surface area (Å²) in [6.07, 6.45) is 3.78. The van der Waals surface area contributed by atoms with E-state index in [9.17, 15) is 4.79 Å². The summed E-state index contributed by atoms with van der Waals surface area (Å²) < 4.78 is 0. The fourth-order valence-electron chi connectivity index (χ4n) is 3.09. The lowest BCUT2D eigenvalue weighted by molar-refractivity contribution is 0.653. The van der Waals surface area contributed by atoms with E-state index in [0.717, 1.165) is 18.4 Å². The van der Waals surface area contributed by atoms with Crippen LogP contribution in [0.2, 0.25) is 0 Å². The van der Waals surface area contributed by atoms with Crippen molar-refractivity contribution < 1.29 is 0 Å². The van der Waals surface area contributed by atoms with Crippen molar-refractivity contribution in [3.8, 4) is 0 Å². The Morgan fingerprint density at radius 3 is 2.89 bits per heavy atom. The average Bonchev–Trinajstić information content (AvgIpc) is 2.89. The van der Waals surface area contributed by atoms with Gasteiger partial charge in [-0.05, 0) is 24.0 Å². The summed E-state index contributed by atoms with van der Waals surface area (Å²) in [7, 11) is 0. The standard InChI is InChI=1S/C12H13N5O/c13-8-2-5(4-1-6(4)8)7-3-15-10-9(7)11(18)17-12(14)16-10/h3,5,8H,1-2,13H2,(H4,14,15,16,17,18). The van der Waals surface area contributed by atoms with Gasteiger partial charge in [-0.25, -0.2) is 0 Å². The van der Waals surface area contributed by atoms with Gasteiger partial charge in [-0.3, -0.25) is 9.78 Å². The first-order valence-corrected chi connectivity index (χ1v) is 5.99. The molecule has 2 aromatic heterocycles. The highest BCUT2D eigenvalue weighted by Crippen LogP contribution is 2.53. The van der Waals surface area contributed by atoms with Gasteiger partial charge in [0.1, 0.15) is 5.65 Å². The van der Waals surface area contributed by atoms with Crippen LogP contribution < -0.4 is 17.0 Å². The van der Waals surface area contributed by atoms with Gasteiger partial charge in [0.15, 0.2) is 0 Å². The summed E-state index contributed by atoms with van der Waals surface area (Å²) in [5, 5.41) is 0.613.